The van der Waals surface area contributed by atoms with Gasteiger partial charge in [-0.05, 0) is 43.5 Å². The van der Waals surface area contributed by atoms with Crippen LogP contribution in [-0.4, -0.2) is 24.6 Å². The average Bonchev–Trinajstić information content (AvgIpc) is 2.78. The molecule has 0 heterocycles. The number of carbonyl (C=O) groups excluding carboxylic acids is 2. The molecule has 1 atom stereocenters. The van der Waals surface area contributed by atoms with E-state index in [1.165, 1.54) is 44.9 Å². The highest BCUT2D eigenvalue weighted by Crippen LogP contribution is 2.15. The number of rotatable bonds is 18. The lowest BCUT2D eigenvalue weighted by atomic mass is 10.1. The number of benzene rings is 1. The molecule has 0 aliphatic rings. The fourth-order valence-corrected chi connectivity index (χ4v) is 3.64. The minimum absolute atomic E-state index is 0.0292. The highest BCUT2D eigenvalue weighted by molar-refractivity contribution is 5.93. The third-order valence-corrected chi connectivity index (χ3v) is 5.60. The molecule has 0 radical (unpaired) electrons. The summed E-state index contributed by atoms with van der Waals surface area (Å²) in [6.45, 7) is 6.93. The first-order valence-electron chi connectivity index (χ1n) is 12.6. The Labute approximate surface area is 190 Å². The third kappa shape index (κ3) is 12.6. The molecular weight excluding hydrogens is 388 g/mol. The summed E-state index contributed by atoms with van der Waals surface area (Å²) in [5, 5.41) is 0. The Morgan fingerprint density at radius 2 is 1.16 bits per heavy atom. The number of unbranched alkanes of at least 4 members (excludes halogenated alkanes) is 9. The molecule has 0 N–H and O–H groups in total. The van der Waals surface area contributed by atoms with Crippen LogP contribution in [0.1, 0.15) is 131 Å². The van der Waals surface area contributed by atoms with Crippen LogP contribution in [0, 0.1) is 0 Å². The van der Waals surface area contributed by atoms with Gasteiger partial charge in [-0.1, -0.05) is 91.4 Å². The number of hydrogen-bond donors (Lipinski definition) is 0. The topological polar surface area (TPSA) is 52.6 Å². The van der Waals surface area contributed by atoms with Crippen molar-refractivity contribution >= 4 is 11.9 Å². The molecule has 0 saturated heterocycles. The third-order valence-electron chi connectivity index (χ3n) is 5.60. The van der Waals surface area contributed by atoms with E-state index in [1.807, 2.05) is 0 Å². The number of carbonyl (C=O) groups is 2. The molecule has 0 fully saturated rings. The molecule has 1 aromatic carbocycles. The van der Waals surface area contributed by atoms with Gasteiger partial charge < -0.3 is 9.47 Å². The van der Waals surface area contributed by atoms with Crippen LogP contribution in [0.2, 0.25) is 0 Å². The number of esters is 2. The van der Waals surface area contributed by atoms with E-state index < -0.39 is 0 Å². The Morgan fingerprint density at radius 3 is 1.71 bits per heavy atom. The molecule has 4 nitrogen and oxygen atoms in total. The van der Waals surface area contributed by atoms with E-state index in [2.05, 4.69) is 20.8 Å². The normalized spacial score (nSPS) is 11.8. The molecule has 0 spiro atoms. The van der Waals surface area contributed by atoms with Crippen LogP contribution < -0.4 is 0 Å². The Hall–Kier alpha value is -1.84. The molecule has 1 aromatic rings. The Balaban J connectivity index is 2.29. The monoisotopic (exact) mass is 432 g/mol. The first kappa shape index (κ1) is 27.2. The zero-order chi connectivity index (χ0) is 22.7. The molecule has 0 aromatic heterocycles. The van der Waals surface area contributed by atoms with E-state index in [9.17, 15) is 9.59 Å². The Morgan fingerprint density at radius 1 is 0.645 bits per heavy atom. The van der Waals surface area contributed by atoms with Gasteiger partial charge in [-0.2, -0.15) is 0 Å². The van der Waals surface area contributed by atoms with E-state index >= 15 is 0 Å². The minimum Gasteiger partial charge on any atom is -0.462 e. The zero-order valence-corrected chi connectivity index (χ0v) is 20.1. The van der Waals surface area contributed by atoms with Gasteiger partial charge in [-0.3, -0.25) is 0 Å². The second-order valence-corrected chi connectivity index (χ2v) is 8.50. The van der Waals surface area contributed by atoms with Crippen molar-refractivity contribution < 1.29 is 19.1 Å². The summed E-state index contributed by atoms with van der Waals surface area (Å²) >= 11 is 0. The summed E-state index contributed by atoms with van der Waals surface area (Å²) in [5.41, 5.74) is 0.955. The quantitative estimate of drug-likeness (QED) is 0.175. The lowest BCUT2D eigenvalue weighted by Gasteiger charge is -2.17. The first-order chi connectivity index (χ1) is 15.1. The molecular formula is C27H44O4. The van der Waals surface area contributed by atoms with Crippen molar-refractivity contribution in [3.05, 3.63) is 35.4 Å². The highest BCUT2D eigenvalue weighted by Gasteiger charge is 2.16. The van der Waals surface area contributed by atoms with Crippen molar-refractivity contribution in [3.63, 3.8) is 0 Å². The molecule has 1 rings (SSSR count). The van der Waals surface area contributed by atoms with Crippen LogP contribution in [0.15, 0.2) is 24.3 Å². The second-order valence-electron chi connectivity index (χ2n) is 8.50. The molecule has 0 bridgehead atoms. The van der Waals surface area contributed by atoms with Crippen LogP contribution >= 0.6 is 0 Å². The molecule has 0 amide bonds. The molecule has 0 aliphatic heterocycles. The average molecular weight is 433 g/mol. The predicted molar refractivity (Wildman–Crippen MR) is 128 cm³/mol. The molecule has 0 aliphatic carbocycles. The van der Waals surface area contributed by atoms with Crippen molar-refractivity contribution in [1.82, 2.24) is 0 Å². The van der Waals surface area contributed by atoms with Gasteiger partial charge in [0.2, 0.25) is 0 Å². The number of ether oxygens (including phenoxy) is 2. The summed E-state index contributed by atoms with van der Waals surface area (Å²) in [6, 6.07) is 6.60. The van der Waals surface area contributed by atoms with Crippen molar-refractivity contribution in [1.29, 1.82) is 0 Å². The predicted octanol–water partition coefficient (Wildman–Crippen LogP) is 7.89. The standard InChI is InChI=1S/C27H44O4/c1-4-7-9-10-11-12-13-14-15-22-30-26(28)23-18-20-24(21-19-23)27(29)31-25(16-6-3)17-8-5-2/h18-21,25H,4-17,22H2,1-3H3. The smallest absolute Gasteiger partial charge is 0.338 e. The van der Waals surface area contributed by atoms with Gasteiger partial charge in [-0.15, -0.1) is 0 Å². The van der Waals surface area contributed by atoms with Crippen molar-refractivity contribution in [2.45, 2.75) is 117 Å². The van der Waals surface area contributed by atoms with E-state index in [0.29, 0.717) is 17.7 Å². The van der Waals surface area contributed by atoms with Gasteiger partial charge >= 0.3 is 11.9 Å². The van der Waals surface area contributed by atoms with Crippen LogP contribution in [0.25, 0.3) is 0 Å². The largest absolute Gasteiger partial charge is 0.462 e. The van der Waals surface area contributed by atoms with E-state index in [4.69, 9.17) is 9.47 Å². The summed E-state index contributed by atoms with van der Waals surface area (Å²) in [5.74, 6) is -0.643. The lowest BCUT2D eigenvalue weighted by Crippen LogP contribution is -2.18. The highest BCUT2D eigenvalue weighted by atomic mass is 16.5. The van der Waals surface area contributed by atoms with Crippen LogP contribution in [0.4, 0.5) is 0 Å². The van der Waals surface area contributed by atoms with Gasteiger partial charge in [0.15, 0.2) is 0 Å². The molecule has 1 unspecified atom stereocenters. The van der Waals surface area contributed by atoms with E-state index in [-0.39, 0.29) is 18.0 Å². The lowest BCUT2D eigenvalue weighted by molar-refractivity contribution is 0.0254. The van der Waals surface area contributed by atoms with Crippen LogP contribution in [-0.2, 0) is 9.47 Å². The first-order valence-corrected chi connectivity index (χ1v) is 12.6. The van der Waals surface area contributed by atoms with E-state index in [0.717, 1.165) is 44.9 Å². The minimum atomic E-state index is -0.328. The molecule has 31 heavy (non-hydrogen) atoms. The van der Waals surface area contributed by atoms with Crippen LogP contribution in [0.5, 0.6) is 0 Å². The SMILES string of the molecule is CCCCCCCCCCCOC(=O)c1ccc(C(=O)OC(CCC)CCCC)cc1. The van der Waals surface area contributed by atoms with Gasteiger partial charge in [0.1, 0.15) is 6.10 Å². The van der Waals surface area contributed by atoms with Crippen molar-refractivity contribution in [2.24, 2.45) is 0 Å². The van der Waals surface area contributed by atoms with E-state index in [1.54, 1.807) is 24.3 Å². The zero-order valence-electron chi connectivity index (χ0n) is 20.1. The van der Waals surface area contributed by atoms with Gasteiger partial charge in [0.05, 0.1) is 17.7 Å². The fraction of sp³-hybridized carbons (Fsp3) is 0.704. The fourth-order valence-electron chi connectivity index (χ4n) is 3.64. The second kappa shape index (κ2) is 17.8. The summed E-state index contributed by atoms with van der Waals surface area (Å²) in [4.78, 5) is 24.6. The summed E-state index contributed by atoms with van der Waals surface area (Å²) in [6.07, 6.45) is 16.0. The Bertz CT molecular complexity index is 594. The number of hydrogen-bond acceptors (Lipinski definition) is 4. The molecule has 4 heteroatoms. The maximum Gasteiger partial charge on any atom is 0.338 e. The maximum atomic E-state index is 12.4. The van der Waals surface area contributed by atoms with Gasteiger partial charge in [-0.25, -0.2) is 9.59 Å². The molecule has 176 valence electrons. The summed E-state index contributed by atoms with van der Waals surface area (Å²) in [7, 11) is 0. The van der Waals surface area contributed by atoms with Crippen molar-refractivity contribution in [3.8, 4) is 0 Å². The van der Waals surface area contributed by atoms with Crippen LogP contribution in [0.3, 0.4) is 0 Å². The Kier molecular flexibility index (Phi) is 15.6. The van der Waals surface area contributed by atoms with Gasteiger partial charge in [0, 0.05) is 0 Å². The van der Waals surface area contributed by atoms with Crippen molar-refractivity contribution in [2.75, 3.05) is 6.61 Å². The maximum absolute atomic E-state index is 12.4. The summed E-state index contributed by atoms with van der Waals surface area (Å²) < 4.78 is 11.0. The van der Waals surface area contributed by atoms with Gasteiger partial charge in [0.25, 0.3) is 0 Å². The molecule has 0 saturated carbocycles.